The highest BCUT2D eigenvalue weighted by Crippen LogP contribution is 2.24. The lowest BCUT2D eigenvalue weighted by Gasteiger charge is -2.09. The van der Waals surface area contributed by atoms with Crippen molar-refractivity contribution in [3.05, 3.63) is 29.3 Å². The SMILES string of the molecule is CC(CC(=O)O)c1ccc(O)c(C#N)c1. The number of rotatable bonds is 3. The van der Waals surface area contributed by atoms with Crippen LogP contribution in [0.1, 0.15) is 30.4 Å². The zero-order valence-electron chi connectivity index (χ0n) is 8.27. The van der Waals surface area contributed by atoms with Gasteiger partial charge in [-0.1, -0.05) is 13.0 Å². The smallest absolute Gasteiger partial charge is 0.303 e. The van der Waals surface area contributed by atoms with E-state index in [1.165, 1.54) is 12.1 Å². The molecule has 0 saturated heterocycles. The van der Waals surface area contributed by atoms with Gasteiger partial charge in [-0.15, -0.1) is 0 Å². The van der Waals surface area contributed by atoms with Crippen LogP contribution < -0.4 is 0 Å². The van der Waals surface area contributed by atoms with Crippen molar-refractivity contribution >= 4 is 5.97 Å². The molecule has 0 aliphatic heterocycles. The number of aromatic hydroxyl groups is 1. The van der Waals surface area contributed by atoms with Crippen molar-refractivity contribution in [3.63, 3.8) is 0 Å². The van der Waals surface area contributed by atoms with Crippen molar-refractivity contribution < 1.29 is 15.0 Å². The Kier molecular flexibility index (Phi) is 3.29. The number of phenolic OH excluding ortho intramolecular Hbond substituents is 1. The van der Waals surface area contributed by atoms with Gasteiger partial charge in [-0.2, -0.15) is 5.26 Å². The Bertz CT molecular complexity index is 420. The third-order valence-corrected chi connectivity index (χ3v) is 2.19. The summed E-state index contributed by atoms with van der Waals surface area (Å²) in [5, 5.41) is 26.6. The topological polar surface area (TPSA) is 81.3 Å². The van der Waals surface area contributed by atoms with Crippen molar-refractivity contribution in [3.8, 4) is 11.8 Å². The molecule has 4 nitrogen and oxygen atoms in total. The van der Waals surface area contributed by atoms with E-state index in [1.54, 1.807) is 13.0 Å². The summed E-state index contributed by atoms with van der Waals surface area (Å²) in [6, 6.07) is 6.40. The first-order chi connectivity index (χ1) is 7.04. The molecule has 1 atom stereocenters. The fourth-order valence-corrected chi connectivity index (χ4v) is 1.33. The van der Waals surface area contributed by atoms with E-state index < -0.39 is 5.97 Å². The van der Waals surface area contributed by atoms with Gasteiger partial charge in [0.2, 0.25) is 0 Å². The van der Waals surface area contributed by atoms with Crippen LogP contribution in [0.2, 0.25) is 0 Å². The van der Waals surface area contributed by atoms with Gasteiger partial charge >= 0.3 is 5.97 Å². The predicted molar refractivity (Wildman–Crippen MR) is 53.5 cm³/mol. The van der Waals surface area contributed by atoms with Crippen LogP contribution >= 0.6 is 0 Å². The largest absolute Gasteiger partial charge is 0.507 e. The minimum atomic E-state index is -0.880. The molecular weight excluding hydrogens is 194 g/mol. The maximum Gasteiger partial charge on any atom is 0.303 e. The molecule has 4 heteroatoms. The van der Waals surface area contributed by atoms with E-state index in [0.717, 1.165) is 5.56 Å². The average Bonchev–Trinajstić information content (AvgIpc) is 2.17. The quantitative estimate of drug-likeness (QED) is 0.788. The molecule has 0 bridgehead atoms. The minimum Gasteiger partial charge on any atom is -0.507 e. The van der Waals surface area contributed by atoms with Gasteiger partial charge in [0.25, 0.3) is 0 Å². The number of phenols is 1. The summed E-state index contributed by atoms with van der Waals surface area (Å²) >= 11 is 0. The van der Waals surface area contributed by atoms with Gasteiger partial charge in [0, 0.05) is 0 Å². The zero-order valence-corrected chi connectivity index (χ0v) is 8.27. The first-order valence-corrected chi connectivity index (χ1v) is 4.49. The molecule has 1 aromatic rings. The summed E-state index contributed by atoms with van der Waals surface area (Å²) < 4.78 is 0. The highest BCUT2D eigenvalue weighted by molar-refractivity contribution is 5.68. The highest BCUT2D eigenvalue weighted by atomic mass is 16.4. The number of nitriles is 1. The number of carboxylic acid groups (broad SMARTS) is 1. The maximum absolute atomic E-state index is 10.5. The second-order valence-corrected chi connectivity index (χ2v) is 3.39. The van der Waals surface area contributed by atoms with Gasteiger partial charge in [0.1, 0.15) is 11.8 Å². The molecule has 1 aromatic carbocycles. The molecule has 0 aromatic heterocycles. The minimum absolute atomic E-state index is 0.00957. The van der Waals surface area contributed by atoms with Crippen molar-refractivity contribution in [2.75, 3.05) is 0 Å². The summed E-state index contributed by atoms with van der Waals surface area (Å²) in [7, 11) is 0. The summed E-state index contributed by atoms with van der Waals surface area (Å²) in [5.74, 6) is -1.13. The second kappa shape index (κ2) is 4.47. The maximum atomic E-state index is 10.5. The first-order valence-electron chi connectivity index (χ1n) is 4.49. The number of hydrogen-bond donors (Lipinski definition) is 2. The van der Waals surface area contributed by atoms with Gasteiger partial charge in [0.15, 0.2) is 0 Å². The monoisotopic (exact) mass is 205 g/mol. The van der Waals surface area contributed by atoms with Crippen LogP contribution in [0, 0.1) is 11.3 Å². The van der Waals surface area contributed by atoms with E-state index in [1.807, 2.05) is 6.07 Å². The van der Waals surface area contributed by atoms with Gasteiger partial charge in [-0.05, 0) is 23.6 Å². The normalized spacial score (nSPS) is 11.7. The zero-order chi connectivity index (χ0) is 11.4. The number of aliphatic carboxylic acids is 1. The number of carbonyl (C=O) groups is 1. The molecule has 2 N–H and O–H groups in total. The van der Waals surface area contributed by atoms with E-state index >= 15 is 0 Å². The molecule has 78 valence electrons. The summed E-state index contributed by atoms with van der Waals surface area (Å²) in [5.41, 5.74) is 0.913. The second-order valence-electron chi connectivity index (χ2n) is 3.39. The Labute approximate surface area is 87.4 Å². The third kappa shape index (κ3) is 2.71. The van der Waals surface area contributed by atoms with Gasteiger partial charge in [-0.3, -0.25) is 4.79 Å². The Morgan fingerprint density at radius 1 is 1.60 bits per heavy atom. The van der Waals surface area contributed by atoms with Crippen molar-refractivity contribution in [1.82, 2.24) is 0 Å². The molecule has 0 heterocycles. The first kappa shape index (κ1) is 11.1. The lowest BCUT2D eigenvalue weighted by atomic mass is 9.96. The van der Waals surface area contributed by atoms with Crippen molar-refractivity contribution in [1.29, 1.82) is 5.26 Å². The molecule has 0 radical (unpaired) electrons. The Morgan fingerprint density at radius 2 is 2.27 bits per heavy atom. The Morgan fingerprint density at radius 3 is 2.80 bits per heavy atom. The third-order valence-electron chi connectivity index (χ3n) is 2.19. The fraction of sp³-hybridized carbons (Fsp3) is 0.273. The number of nitrogens with zero attached hydrogens (tertiary/aromatic N) is 1. The standard InChI is InChI=1S/C11H11NO3/c1-7(4-11(14)15)8-2-3-10(13)9(5-8)6-12/h2-3,5,7,13H,4H2,1H3,(H,14,15). The molecular formula is C11H11NO3. The molecule has 0 saturated carbocycles. The van der Waals surface area contributed by atoms with Gasteiger partial charge in [0.05, 0.1) is 12.0 Å². The van der Waals surface area contributed by atoms with E-state index in [2.05, 4.69) is 0 Å². The summed E-state index contributed by atoms with van der Waals surface area (Å²) in [6.07, 6.45) is 0.00957. The van der Waals surface area contributed by atoms with E-state index in [9.17, 15) is 9.90 Å². The highest BCUT2D eigenvalue weighted by Gasteiger charge is 2.11. The molecule has 1 unspecified atom stereocenters. The Balaban J connectivity index is 2.96. The molecule has 0 amide bonds. The summed E-state index contributed by atoms with van der Waals surface area (Å²) in [4.78, 5) is 10.5. The van der Waals surface area contributed by atoms with Gasteiger partial charge in [-0.25, -0.2) is 0 Å². The van der Waals surface area contributed by atoms with Crippen LogP contribution in [0.15, 0.2) is 18.2 Å². The molecule has 0 spiro atoms. The molecule has 1 rings (SSSR count). The van der Waals surface area contributed by atoms with Crippen LogP contribution in [0.3, 0.4) is 0 Å². The van der Waals surface area contributed by atoms with Crippen molar-refractivity contribution in [2.45, 2.75) is 19.3 Å². The van der Waals surface area contributed by atoms with E-state index in [4.69, 9.17) is 10.4 Å². The van der Waals surface area contributed by atoms with Crippen LogP contribution in [0.4, 0.5) is 0 Å². The van der Waals surface area contributed by atoms with Crippen LogP contribution in [0.25, 0.3) is 0 Å². The molecule has 0 aliphatic rings. The lowest BCUT2D eigenvalue weighted by Crippen LogP contribution is -2.02. The Hall–Kier alpha value is -2.02. The van der Waals surface area contributed by atoms with E-state index in [-0.39, 0.29) is 23.7 Å². The molecule has 0 fully saturated rings. The molecule has 0 aliphatic carbocycles. The van der Waals surface area contributed by atoms with Gasteiger partial charge < -0.3 is 10.2 Å². The van der Waals surface area contributed by atoms with Crippen LogP contribution in [-0.4, -0.2) is 16.2 Å². The van der Waals surface area contributed by atoms with Crippen LogP contribution in [-0.2, 0) is 4.79 Å². The van der Waals surface area contributed by atoms with Crippen molar-refractivity contribution in [2.24, 2.45) is 0 Å². The predicted octanol–water partition coefficient (Wildman–Crippen LogP) is 1.84. The number of benzene rings is 1. The number of carboxylic acids is 1. The van der Waals surface area contributed by atoms with E-state index in [0.29, 0.717) is 0 Å². The fourth-order valence-electron chi connectivity index (χ4n) is 1.33. The number of hydrogen-bond acceptors (Lipinski definition) is 3. The average molecular weight is 205 g/mol. The summed E-state index contributed by atoms with van der Waals surface area (Å²) in [6.45, 7) is 1.77. The van der Waals surface area contributed by atoms with Crippen LogP contribution in [0.5, 0.6) is 5.75 Å². The molecule has 15 heavy (non-hydrogen) atoms. The lowest BCUT2D eigenvalue weighted by molar-refractivity contribution is -0.137.